The highest BCUT2D eigenvalue weighted by molar-refractivity contribution is 7.99. The summed E-state index contributed by atoms with van der Waals surface area (Å²) in [5.74, 6) is -0.499. The van der Waals surface area contributed by atoms with Gasteiger partial charge in [-0.2, -0.15) is 0 Å². The molecule has 0 aromatic carbocycles. The Labute approximate surface area is 95.6 Å². The minimum atomic E-state index is -0.990. The van der Waals surface area contributed by atoms with Gasteiger partial charge in [-0.05, 0) is 6.92 Å². The van der Waals surface area contributed by atoms with E-state index in [2.05, 4.69) is 4.98 Å². The molecule has 2 heterocycles. The van der Waals surface area contributed by atoms with Crippen LogP contribution in [0.3, 0.4) is 0 Å². The van der Waals surface area contributed by atoms with E-state index in [1.165, 1.54) is 23.1 Å². The molecule has 6 nitrogen and oxygen atoms in total. The van der Waals surface area contributed by atoms with Gasteiger partial charge < -0.3 is 14.4 Å². The van der Waals surface area contributed by atoms with Crippen LogP contribution in [0.2, 0.25) is 0 Å². The normalized spacial score (nSPS) is 20.1. The third kappa shape index (κ3) is 1.78. The molecule has 2 rings (SSSR count). The average Bonchev–Trinajstić information content (AvgIpc) is 2.84. The number of carboxylic acid groups (broad SMARTS) is 1. The first kappa shape index (κ1) is 11.0. The van der Waals surface area contributed by atoms with Gasteiger partial charge in [0.25, 0.3) is 5.91 Å². The van der Waals surface area contributed by atoms with Crippen molar-refractivity contribution in [3.05, 3.63) is 17.8 Å². The fourth-order valence-electron chi connectivity index (χ4n) is 1.49. The number of carbonyl (C=O) groups excluding carboxylic acids is 1. The van der Waals surface area contributed by atoms with Crippen LogP contribution in [-0.4, -0.2) is 44.5 Å². The van der Waals surface area contributed by atoms with E-state index in [4.69, 9.17) is 9.52 Å². The lowest BCUT2D eigenvalue weighted by Gasteiger charge is -2.18. The summed E-state index contributed by atoms with van der Waals surface area (Å²) >= 11 is 1.41. The van der Waals surface area contributed by atoms with E-state index in [-0.39, 0.29) is 5.76 Å². The average molecular weight is 242 g/mol. The molecule has 1 fully saturated rings. The molecule has 1 aromatic rings. The Balaban J connectivity index is 2.22. The van der Waals surface area contributed by atoms with Gasteiger partial charge in [0.2, 0.25) is 5.76 Å². The van der Waals surface area contributed by atoms with E-state index in [9.17, 15) is 9.59 Å². The van der Waals surface area contributed by atoms with Crippen molar-refractivity contribution in [2.24, 2.45) is 0 Å². The van der Waals surface area contributed by atoms with Gasteiger partial charge in [-0.25, -0.2) is 9.78 Å². The van der Waals surface area contributed by atoms with Crippen molar-refractivity contribution < 1.29 is 19.1 Å². The van der Waals surface area contributed by atoms with Gasteiger partial charge in [-0.3, -0.25) is 4.79 Å². The number of hydrogen-bond acceptors (Lipinski definition) is 5. The summed E-state index contributed by atoms with van der Waals surface area (Å²) in [7, 11) is 0. The van der Waals surface area contributed by atoms with Crippen molar-refractivity contribution in [2.75, 3.05) is 11.6 Å². The van der Waals surface area contributed by atoms with Crippen molar-refractivity contribution in [1.82, 2.24) is 9.88 Å². The van der Waals surface area contributed by atoms with Gasteiger partial charge in [0.15, 0.2) is 6.39 Å². The van der Waals surface area contributed by atoms with Crippen LogP contribution in [0, 0.1) is 6.92 Å². The fourth-order valence-corrected chi connectivity index (χ4v) is 2.63. The van der Waals surface area contributed by atoms with Crippen LogP contribution in [0.25, 0.3) is 0 Å². The minimum Gasteiger partial charge on any atom is -0.480 e. The van der Waals surface area contributed by atoms with Gasteiger partial charge in [0.1, 0.15) is 6.04 Å². The maximum atomic E-state index is 12.0. The first-order valence-corrected chi connectivity index (χ1v) is 5.78. The van der Waals surface area contributed by atoms with Crippen molar-refractivity contribution >= 4 is 23.6 Å². The van der Waals surface area contributed by atoms with Crippen LogP contribution >= 0.6 is 11.8 Å². The predicted molar refractivity (Wildman–Crippen MR) is 56.2 cm³/mol. The molecule has 1 aliphatic rings. The zero-order valence-corrected chi connectivity index (χ0v) is 9.36. The molecule has 7 heteroatoms. The lowest BCUT2D eigenvalue weighted by molar-refractivity contribution is -0.140. The molecule has 86 valence electrons. The van der Waals surface area contributed by atoms with Crippen LogP contribution in [-0.2, 0) is 4.79 Å². The third-order valence-corrected chi connectivity index (χ3v) is 3.38. The zero-order chi connectivity index (χ0) is 11.7. The van der Waals surface area contributed by atoms with E-state index in [0.717, 1.165) is 0 Å². The second-order valence-corrected chi connectivity index (χ2v) is 4.40. The molecule has 0 spiro atoms. The lowest BCUT2D eigenvalue weighted by atomic mass is 10.2. The van der Waals surface area contributed by atoms with Crippen molar-refractivity contribution in [3.8, 4) is 0 Å². The minimum absolute atomic E-state index is 0.119. The summed E-state index contributed by atoms with van der Waals surface area (Å²) in [5, 5.41) is 8.95. The smallest absolute Gasteiger partial charge is 0.327 e. The number of carboxylic acids is 1. The number of aromatic nitrogens is 1. The van der Waals surface area contributed by atoms with Gasteiger partial charge in [0.05, 0.1) is 11.6 Å². The van der Waals surface area contributed by atoms with E-state index in [1.807, 2.05) is 0 Å². The molecule has 1 aliphatic heterocycles. The fraction of sp³-hybridized carbons (Fsp3) is 0.444. The molecule has 0 saturated carbocycles. The molecule has 1 amide bonds. The molecule has 0 aliphatic carbocycles. The Morgan fingerprint density at radius 1 is 1.69 bits per heavy atom. The highest BCUT2D eigenvalue weighted by atomic mass is 32.2. The first-order valence-electron chi connectivity index (χ1n) is 4.63. The molecular weight excluding hydrogens is 232 g/mol. The lowest BCUT2D eigenvalue weighted by Crippen LogP contribution is -2.41. The quantitative estimate of drug-likeness (QED) is 0.816. The highest BCUT2D eigenvalue weighted by Gasteiger charge is 2.36. The molecule has 1 atom stereocenters. The van der Waals surface area contributed by atoms with Crippen molar-refractivity contribution in [2.45, 2.75) is 13.0 Å². The second-order valence-electron chi connectivity index (χ2n) is 3.40. The third-order valence-electron chi connectivity index (χ3n) is 2.37. The molecule has 1 aromatic heterocycles. The summed E-state index contributed by atoms with van der Waals surface area (Å²) in [5.41, 5.74) is 0.478. The number of nitrogens with zero attached hydrogens (tertiary/aromatic N) is 2. The Bertz CT molecular complexity index is 431. The number of amides is 1. The molecule has 1 N–H and O–H groups in total. The number of thioether (sulfide) groups is 1. The van der Waals surface area contributed by atoms with Crippen LogP contribution in [0.5, 0.6) is 0 Å². The van der Waals surface area contributed by atoms with Crippen LogP contribution < -0.4 is 0 Å². The Hall–Kier alpha value is -1.50. The Morgan fingerprint density at radius 3 is 3.00 bits per heavy atom. The molecule has 16 heavy (non-hydrogen) atoms. The van der Waals surface area contributed by atoms with E-state index in [1.54, 1.807) is 6.92 Å². The highest BCUT2D eigenvalue weighted by Crippen LogP contribution is 2.23. The number of aliphatic carboxylic acids is 1. The van der Waals surface area contributed by atoms with Crippen LogP contribution in [0.15, 0.2) is 10.8 Å². The topological polar surface area (TPSA) is 83.6 Å². The maximum absolute atomic E-state index is 12.0. The van der Waals surface area contributed by atoms with Gasteiger partial charge in [0, 0.05) is 5.75 Å². The van der Waals surface area contributed by atoms with Gasteiger partial charge >= 0.3 is 5.97 Å². The van der Waals surface area contributed by atoms with E-state index < -0.39 is 17.9 Å². The van der Waals surface area contributed by atoms with Crippen LogP contribution in [0.4, 0.5) is 0 Å². The summed E-state index contributed by atoms with van der Waals surface area (Å²) in [4.78, 5) is 28.0. The molecule has 1 saturated heterocycles. The van der Waals surface area contributed by atoms with Crippen molar-refractivity contribution in [1.29, 1.82) is 0 Å². The molecule has 0 bridgehead atoms. The van der Waals surface area contributed by atoms with E-state index in [0.29, 0.717) is 17.3 Å². The standard InChI is InChI=1S/C9H10N2O4S/c1-5-7(15-3-10-5)8(12)11-4-16-2-6(11)9(13)14/h3,6H,2,4H2,1H3,(H,13,14). The molecular formula is C9H10N2O4S. The molecule has 1 unspecified atom stereocenters. The summed E-state index contributed by atoms with van der Waals surface area (Å²) in [6, 6.07) is -0.776. The SMILES string of the molecule is Cc1ncoc1C(=O)N1CSCC1C(=O)O. The van der Waals surface area contributed by atoms with Gasteiger partial charge in [-0.15, -0.1) is 11.8 Å². The monoisotopic (exact) mass is 242 g/mol. The zero-order valence-electron chi connectivity index (χ0n) is 8.54. The molecule has 0 radical (unpaired) electrons. The largest absolute Gasteiger partial charge is 0.480 e. The number of aryl methyl sites for hydroxylation is 1. The Morgan fingerprint density at radius 2 is 2.44 bits per heavy atom. The number of carbonyl (C=O) groups is 2. The number of oxazole rings is 1. The predicted octanol–water partition coefficient (Wildman–Crippen LogP) is 0.583. The second kappa shape index (κ2) is 4.17. The summed E-state index contributed by atoms with van der Waals surface area (Å²) in [6.07, 6.45) is 1.18. The van der Waals surface area contributed by atoms with Crippen LogP contribution in [0.1, 0.15) is 16.2 Å². The summed E-state index contributed by atoms with van der Waals surface area (Å²) in [6.45, 7) is 1.65. The number of hydrogen-bond donors (Lipinski definition) is 1. The summed E-state index contributed by atoms with van der Waals surface area (Å²) < 4.78 is 4.96. The van der Waals surface area contributed by atoms with Crippen molar-refractivity contribution in [3.63, 3.8) is 0 Å². The van der Waals surface area contributed by atoms with E-state index >= 15 is 0 Å². The Kier molecular flexibility index (Phi) is 2.86. The maximum Gasteiger partial charge on any atom is 0.327 e. The first-order chi connectivity index (χ1) is 7.61. The van der Waals surface area contributed by atoms with Gasteiger partial charge in [-0.1, -0.05) is 0 Å². The number of rotatable bonds is 2.